The summed E-state index contributed by atoms with van der Waals surface area (Å²) in [6, 6.07) is 5.85. The Hall–Kier alpha value is -1.03. The van der Waals surface area contributed by atoms with Gasteiger partial charge in [-0.1, -0.05) is 22.9 Å². The van der Waals surface area contributed by atoms with Crippen molar-refractivity contribution in [1.29, 1.82) is 0 Å². The predicted molar refractivity (Wildman–Crippen MR) is 89.7 cm³/mol. The van der Waals surface area contributed by atoms with Gasteiger partial charge in [0.15, 0.2) is 5.82 Å². The number of aliphatic carboxylic acids is 1. The van der Waals surface area contributed by atoms with Crippen LogP contribution in [0.2, 0.25) is 0 Å². The highest BCUT2D eigenvalue weighted by molar-refractivity contribution is 14.1. The van der Waals surface area contributed by atoms with Crippen molar-refractivity contribution >= 4 is 44.5 Å². The molecule has 0 radical (unpaired) electrons. The number of hydrogen-bond acceptors (Lipinski definition) is 4. The Morgan fingerprint density at radius 2 is 2.24 bits per heavy atom. The van der Waals surface area contributed by atoms with Crippen molar-refractivity contribution in [2.24, 2.45) is 5.41 Å². The van der Waals surface area contributed by atoms with Gasteiger partial charge in [0.25, 0.3) is 0 Å². The standard InChI is InChI=1S/C13H14BrIN4O2/c1-3-13(2,12(20)21)7-19-11(16-17-18-19)9-6-8(15)4-5-10(9)14/h4-6H,3,7H2,1-2H3,(H,20,21). The molecule has 6 nitrogen and oxygen atoms in total. The van der Waals surface area contributed by atoms with Gasteiger partial charge in [-0.2, -0.15) is 0 Å². The van der Waals surface area contributed by atoms with Crippen molar-refractivity contribution in [3.63, 3.8) is 0 Å². The molecule has 0 aliphatic carbocycles. The van der Waals surface area contributed by atoms with Gasteiger partial charge in [0, 0.05) is 13.6 Å². The van der Waals surface area contributed by atoms with E-state index in [9.17, 15) is 9.90 Å². The van der Waals surface area contributed by atoms with Gasteiger partial charge in [-0.15, -0.1) is 5.10 Å². The summed E-state index contributed by atoms with van der Waals surface area (Å²) in [5.74, 6) is -0.297. The van der Waals surface area contributed by atoms with Crippen LogP contribution < -0.4 is 0 Å². The van der Waals surface area contributed by atoms with Crippen LogP contribution in [0.25, 0.3) is 11.4 Å². The molecule has 0 amide bonds. The van der Waals surface area contributed by atoms with E-state index in [0.29, 0.717) is 12.2 Å². The van der Waals surface area contributed by atoms with Gasteiger partial charge in [0.1, 0.15) is 0 Å². The average molecular weight is 465 g/mol. The number of hydrogen-bond donors (Lipinski definition) is 1. The monoisotopic (exact) mass is 464 g/mol. The SMILES string of the molecule is CCC(C)(Cn1nnnc1-c1cc(I)ccc1Br)C(=O)O. The maximum absolute atomic E-state index is 11.5. The molecule has 1 N–H and O–H groups in total. The number of nitrogens with zero attached hydrogens (tertiary/aromatic N) is 4. The summed E-state index contributed by atoms with van der Waals surface area (Å²) in [4.78, 5) is 11.5. The lowest BCUT2D eigenvalue weighted by atomic mass is 9.88. The topological polar surface area (TPSA) is 80.9 Å². The first kappa shape index (κ1) is 16.3. The second-order valence-electron chi connectivity index (χ2n) is 5.00. The summed E-state index contributed by atoms with van der Waals surface area (Å²) in [6.45, 7) is 3.77. The van der Waals surface area contributed by atoms with E-state index in [1.165, 1.54) is 0 Å². The molecular weight excluding hydrogens is 451 g/mol. The lowest BCUT2D eigenvalue weighted by Gasteiger charge is -2.23. The van der Waals surface area contributed by atoms with Gasteiger partial charge >= 0.3 is 5.97 Å². The van der Waals surface area contributed by atoms with Crippen LogP contribution in [0.15, 0.2) is 22.7 Å². The summed E-state index contributed by atoms with van der Waals surface area (Å²) < 4.78 is 3.47. The van der Waals surface area contributed by atoms with E-state index in [-0.39, 0.29) is 6.54 Å². The quantitative estimate of drug-likeness (QED) is 0.687. The highest BCUT2D eigenvalue weighted by atomic mass is 127. The Kier molecular flexibility index (Phi) is 4.97. The number of tetrazole rings is 1. The number of rotatable bonds is 5. The van der Waals surface area contributed by atoms with Crippen molar-refractivity contribution in [2.45, 2.75) is 26.8 Å². The van der Waals surface area contributed by atoms with Gasteiger partial charge in [-0.25, -0.2) is 4.68 Å². The molecule has 1 aromatic carbocycles. The zero-order valence-electron chi connectivity index (χ0n) is 11.5. The Balaban J connectivity index is 2.44. The minimum Gasteiger partial charge on any atom is -0.481 e. The number of carbonyl (C=O) groups is 1. The van der Waals surface area contributed by atoms with E-state index in [4.69, 9.17) is 0 Å². The molecule has 1 heterocycles. The molecule has 0 bridgehead atoms. The molecule has 0 aliphatic rings. The van der Waals surface area contributed by atoms with Gasteiger partial charge in [0.2, 0.25) is 0 Å². The lowest BCUT2D eigenvalue weighted by Crippen LogP contribution is -2.32. The van der Waals surface area contributed by atoms with E-state index in [0.717, 1.165) is 13.6 Å². The van der Waals surface area contributed by atoms with Crippen LogP contribution in [0.1, 0.15) is 20.3 Å². The number of carboxylic acids is 1. The summed E-state index contributed by atoms with van der Waals surface area (Å²) in [7, 11) is 0. The molecule has 0 fully saturated rings. The van der Waals surface area contributed by atoms with Gasteiger partial charge < -0.3 is 5.11 Å². The van der Waals surface area contributed by atoms with Crippen LogP contribution in [-0.2, 0) is 11.3 Å². The van der Waals surface area contributed by atoms with Crippen LogP contribution in [-0.4, -0.2) is 31.3 Å². The molecule has 2 rings (SSSR count). The van der Waals surface area contributed by atoms with Crippen LogP contribution in [0.3, 0.4) is 0 Å². The first-order chi connectivity index (χ1) is 9.87. The van der Waals surface area contributed by atoms with Crippen LogP contribution >= 0.6 is 38.5 Å². The van der Waals surface area contributed by atoms with Crippen molar-refractivity contribution in [2.75, 3.05) is 0 Å². The van der Waals surface area contributed by atoms with Crippen LogP contribution in [0.4, 0.5) is 0 Å². The summed E-state index contributed by atoms with van der Waals surface area (Å²) in [6.07, 6.45) is 0.495. The molecule has 1 atom stereocenters. The van der Waals surface area contributed by atoms with E-state index in [2.05, 4.69) is 54.0 Å². The molecule has 112 valence electrons. The normalized spacial score (nSPS) is 13.9. The third-order valence-electron chi connectivity index (χ3n) is 3.50. The molecule has 2 aromatic rings. The second-order valence-corrected chi connectivity index (χ2v) is 7.10. The van der Waals surface area contributed by atoms with Crippen LogP contribution in [0.5, 0.6) is 0 Å². The van der Waals surface area contributed by atoms with Crippen molar-refractivity contribution in [3.8, 4) is 11.4 Å². The summed E-state index contributed by atoms with van der Waals surface area (Å²) >= 11 is 5.70. The van der Waals surface area contributed by atoms with Crippen molar-refractivity contribution in [3.05, 3.63) is 26.2 Å². The lowest BCUT2D eigenvalue weighted by molar-refractivity contribution is -0.149. The maximum Gasteiger partial charge on any atom is 0.311 e. The number of halogens is 2. The molecule has 0 aliphatic heterocycles. The van der Waals surface area contributed by atoms with E-state index >= 15 is 0 Å². The Morgan fingerprint density at radius 1 is 1.52 bits per heavy atom. The maximum atomic E-state index is 11.5. The van der Waals surface area contributed by atoms with E-state index in [1.54, 1.807) is 11.6 Å². The van der Waals surface area contributed by atoms with Crippen molar-refractivity contribution < 1.29 is 9.90 Å². The summed E-state index contributed by atoms with van der Waals surface area (Å²) in [5.41, 5.74) is -0.0609. The minimum absolute atomic E-state index is 0.221. The third kappa shape index (κ3) is 3.42. The Bertz CT molecular complexity index is 676. The molecule has 0 saturated heterocycles. The smallest absolute Gasteiger partial charge is 0.311 e. The van der Waals surface area contributed by atoms with Crippen molar-refractivity contribution in [1.82, 2.24) is 20.2 Å². The Labute approximate surface area is 144 Å². The fourth-order valence-corrected chi connectivity index (χ4v) is 2.75. The highest BCUT2D eigenvalue weighted by Gasteiger charge is 2.33. The van der Waals surface area contributed by atoms with E-state index < -0.39 is 11.4 Å². The molecule has 0 saturated carbocycles. The number of carboxylic acid groups (broad SMARTS) is 1. The van der Waals surface area contributed by atoms with Gasteiger partial charge in [-0.05, 0) is 64.6 Å². The van der Waals surface area contributed by atoms with Gasteiger partial charge in [0.05, 0.1) is 12.0 Å². The predicted octanol–water partition coefficient (Wildman–Crippen LogP) is 3.21. The molecule has 1 aromatic heterocycles. The highest BCUT2D eigenvalue weighted by Crippen LogP contribution is 2.30. The first-order valence-electron chi connectivity index (χ1n) is 6.32. The van der Waals surface area contributed by atoms with Crippen LogP contribution in [0, 0.1) is 8.99 Å². The van der Waals surface area contributed by atoms with Gasteiger partial charge in [-0.3, -0.25) is 4.79 Å². The second kappa shape index (κ2) is 6.39. The molecular formula is C13H14BrIN4O2. The number of benzene rings is 1. The zero-order chi connectivity index (χ0) is 15.6. The zero-order valence-corrected chi connectivity index (χ0v) is 15.3. The largest absolute Gasteiger partial charge is 0.481 e. The third-order valence-corrected chi connectivity index (χ3v) is 4.86. The summed E-state index contributed by atoms with van der Waals surface area (Å²) in [5, 5.41) is 21.1. The fraction of sp³-hybridized carbons (Fsp3) is 0.385. The number of aromatic nitrogens is 4. The molecule has 1 unspecified atom stereocenters. The molecule has 21 heavy (non-hydrogen) atoms. The average Bonchev–Trinajstić information content (AvgIpc) is 2.89. The minimum atomic E-state index is -0.904. The Morgan fingerprint density at radius 3 is 2.86 bits per heavy atom. The fourth-order valence-electron chi connectivity index (χ4n) is 1.83. The first-order valence-corrected chi connectivity index (χ1v) is 8.19. The van der Waals surface area contributed by atoms with E-state index in [1.807, 2.05) is 25.1 Å². The molecule has 0 spiro atoms. The molecule has 8 heteroatoms.